The van der Waals surface area contributed by atoms with E-state index < -0.39 is 26.8 Å². The molecule has 0 spiro atoms. The number of nitrogens with two attached hydrogens (primary N) is 1. The highest BCUT2D eigenvalue weighted by molar-refractivity contribution is 7.89. The first-order chi connectivity index (χ1) is 12.8. The van der Waals surface area contributed by atoms with E-state index in [1.165, 1.54) is 32.1 Å². The number of hydrogen-bond acceptors (Lipinski definition) is 4. The number of rotatable bonds is 5. The average molecular weight is 395 g/mol. The lowest BCUT2D eigenvalue weighted by Crippen LogP contribution is -2.20. The summed E-state index contributed by atoms with van der Waals surface area (Å²) < 4.78 is 36.3. The number of primary sulfonamides is 1. The molecule has 3 rings (SSSR count). The smallest absolute Gasteiger partial charge is 0.308 e. The van der Waals surface area contributed by atoms with Crippen molar-refractivity contribution in [3.05, 3.63) is 35.8 Å². The van der Waals surface area contributed by atoms with Gasteiger partial charge in [0.05, 0.1) is 4.90 Å². The summed E-state index contributed by atoms with van der Waals surface area (Å²) in [6.45, 7) is 0. The van der Waals surface area contributed by atoms with Crippen LogP contribution in [0.15, 0.2) is 29.2 Å². The summed E-state index contributed by atoms with van der Waals surface area (Å²) in [6, 6.07) is 3.94. The molecule has 1 saturated carbocycles. The van der Waals surface area contributed by atoms with Crippen LogP contribution in [-0.4, -0.2) is 24.6 Å². The maximum Gasteiger partial charge on any atom is 0.324 e. The number of urea groups is 1. The van der Waals surface area contributed by atoms with Crippen LogP contribution in [0.2, 0.25) is 0 Å². The number of hydrogen-bond donors (Lipinski definition) is 4. The van der Waals surface area contributed by atoms with Gasteiger partial charge in [0, 0.05) is 17.4 Å². The molecular weight excluding hydrogens is 373 g/mol. The second kappa shape index (κ2) is 8.05. The molecule has 0 unspecified atom stereocenters. The third-order valence-corrected chi connectivity index (χ3v) is 5.46. The monoisotopic (exact) mass is 395 g/mol. The van der Waals surface area contributed by atoms with Gasteiger partial charge in [-0.25, -0.2) is 22.7 Å². The maximum absolute atomic E-state index is 13.6. The van der Waals surface area contributed by atoms with Gasteiger partial charge in [-0.3, -0.25) is 10.4 Å². The van der Waals surface area contributed by atoms with Crippen molar-refractivity contribution in [1.82, 2.24) is 10.2 Å². The molecule has 1 aromatic heterocycles. The van der Waals surface area contributed by atoms with Crippen LogP contribution in [0.4, 0.5) is 20.7 Å². The summed E-state index contributed by atoms with van der Waals surface area (Å²) in [4.78, 5) is 11.7. The number of halogens is 1. The van der Waals surface area contributed by atoms with Gasteiger partial charge in [0.2, 0.25) is 10.0 Å². The van der Waals surface area contributed by atoms with Crippen molar-refractivity contribution in [2.45, 2.75) is 43.4 Å². The van der Waals surface area contributed by atoms with Gasteiger partial charge in [0.1, 0.15) is 5.82 Å². The molecule has 5 N–H and O–H groups in total. The summed E-state index contributed by atoms with van der Waals surface area (Å²) in [6.07, 6.45) is 7.08. The molecule has 1 fully saturated rings. The molecule has 1 aromatic carbocycles. The van der Waals surface area contributed by atoms with E-state index in [2.05, 4.69) is 20.8 Å². The van der Waals surface area contributed by atoms with Gasteiger partial charge >= 0.3 is 6.03 Å². The number of H-pyrrole nitrogens is 1. The van der Waals surface area contributed by atoms with Crippen LogP contribution in [-0.2, 0) is 16.4 Å². The number of carbonyl (C=O) groups is 1. The third kappa shape index (κ3) is 5.51. The van der Waals surface area contributed by atoms with Gasteiger partial charge in [-0.05, 0) is 30.5 Å². The van der Waals surface area contributed by atoms with Crippen molar-refractivity contribution in [3.63, 3.8) is 0 Å². The second-order valence-corrected chi connectivity index (χ2v) is 8.35. The number of aromatic amines is 1. The Labute approximate surface area is 156 Å². The van der Waals surface area contributed by atoms with E-state index in [9.17, 15) is 17.6 Å². The van der Waals surface area contributed by atoms with E-state index in [1.807, 2.05) is 0 Å². The van der Waals surface area contributed by atoms with E-state index in [4.69, 9.17) is 5.14 Å². The minimum Gasteiger partial charge on any atom is -0.308 e. The maximum atomic E-state index is 13.6. The van der Waals surface area contributed by atoms with E-state index in [0.29, 0.717) is 11.7 Å². The molecule has 8 nitrogen and oxygen atoms in total. The summed E-state index contributed by atoms with van der Waals surface area (Å²) >= 11 is 0. The lowest BCUT2D eigenvalue weighted by molar-refractivity contribution is 0.262. The zero-order chi connectivity index (χ0) is 19.4. The molecule has 146 valence electrons. The van der Waals surface area contributed by atoms with Crippen LogP contribution in [0.5, 0.6) is 0 Å². The minimum absolute atomic E-state index is 0.0329. The van der Waals surface area contributed by atoms with Crippen LogP contribution < -0.4 is 15.8 Å². The highest BCUT2D eigenvalue weighted by Gasteiger charge is 2.16. The Balaban J connectivity index is 1.60. The number of benzene rings is 1. The fourth-order valence-corrected chi connectivity index (χ4v) is 3.88. The Hall–Kier alpha value is -2.46. The van der Waals surface area contributed by atoms with E-state index in [-0.39, 0.29) is 5.69 Å². The Morgan fingerprint density at radius 1 is 1.19 bits per heavy atom. The van der Waals surface area contributed by atoms with Gasteiger partial charge in [-0.15, -0.1) is 0 Å². The summed E-state index contributed by atoms with van der Waals surface area (Å²) in [5.74, 6) is 0.137. The van der Waals surface area contributed by atoms with E-state index in [1.54, 1.807) is 6.07 Å². The minimum atomic E-state index is -4.08. The van der Waals surface area contributed by atoms with Crippen molar-refractivity contribution in [2.75, 3.05) is 10.6 Å². The summed E-state index contributed by atoms with van der Waals surface area (Å²) in [5, 5.41) is 16.9. The topological polar surface area (TPSA) is 130 Å². The average Bonchev–Trinajstić information content (AvgIpc) is 3.01. The SMILES string of the molecule is NS(=O)(=O)c1cc(F)cc(NC(=O)Nc2cc(CC3CCCCC3)[nH]n2)c1. The Morgan fingerprint density at radius 3 is 2.63 bits per heavy atom. The van der Waals surface area contributed by atoms with Gasteiger partial charge in [0.15, 0.2) is 5.82 Å². The van der Waals surface area contributed by atoms with Crippen molar-refractivity contribution in [2.24, 2.45) is 11.1 Å². The highest BCUT2D eigenvalue weighted by Crippen LogP contribution is 2.26. The molecule has 0 saturated heterocycles. The Kier molecular flexibility index (Phi) is 5.76. The zero-order valence-corrected chi connectivity index (χ0v) is 15.5. The van der Waals surface area contributed by atoms with Crippen LogP contribution >= 0.6 is 0 Å². The molecule has 10 heteroatoms. The van der Waals surface area contributed by atoms with E-state index >= 15 is 0 Å². The van der Waals surface area contributed by atoms with Gasteiger partial charge in [-0.1, -0.05) is 32.1 Å². The van der Waals surface area contributed by atoms with Gasteiger partial charge < -0.3 is 5.32 Å². The molecule has 2 aromatic rings. The fourth-order valence-electron chi connectivity index (χ4n) is 3.31. The number of carbonyl (C=O) groups excluding carboxylic acids is 1. The largest absolute Gasteiger partial charge is 0.324 e. The van der Waals surface area contributed by atoms with Crippen molar-refractivity contribution in [1.29, 1.82) is 0 Å². The number of nitrogens with one attached hydrogen (secondary N) is 3. The van der Waals surface area contributed by atoms with Crippen molar-refractivity contribution in [3.8, 4) is 0 Å². The third-order valence-electron chi connectivity index (χ3n) is 4.56. The number of sulfonamides is 1. The van der Waals surface area contributed by atoms with Crippen LogP contribution in [0.3, 0.4) is 0 Å². The molecule has 27 heavy (non-hydrogen) atoms. The summed E-state index contributed by atoms with van der Waals surface area (Å²) in [5.41, 5.74) is 0.911. The molecule has 0 bridgehead atoms. The van der Waals surface area contributed by atoms with Crippen molar-refractivity contribution >= 4 is 27.6 Å². The molecule has 2 amide bonds. The highest BCUT2D eigenvalue weighted by atomic mass is 32.2. The van der Waals surface area contributed by atoms with Gasteiger partial charge in [0.25, 0.3) is 0 Å². The van der Waals surface area contributed by atoms with E-state index in [0.717, 1.165) is 30.3 Å². The Bertz CT molecular complexity index is 922. The lowest BCUT2D eigenvalue weighted by Gasteiger charge is -2.20. The summed E-state index contributed by atoms with van der Waals surface area (Å²) in [7, 11) is -4.08. The van der Waals surface area contributed by atoms with Crippen LogP contribution in [0.25, 0.3) is 0 Å². The molecule has 0 radical (unpaired) electrons. The fraction of sp³-hybridized carbons (Fsp3) is 0.412. The first-order valence-corrected chi connectivity index (χ1v) is 10.3. The molecular formula is C17H22FN5O3S. The Morgan fingerprint density at radius 2 is 1.93 bits per heavy atom. The molecule has 0 aliphatic heterocycles. The predicted molar refractivity (Wildman–Crippen MR) is 99.3 cm³/mol. The quantitative estimate of drug-likeness (QED) is 0.620. The number of amides is 2. The number of aromatic nitrogens is 2. The van der Waals surface area contributed by atoms with Gasteiger partial charge in [-0.2, -0.15) is 5.10 Å². The second-order valence-electron chi connectivity index (χ2n) is 6.79. The molecule has 0 atom stereocenters. The number of anilines is 2. The normalized spacial score (nSPS) is 15.5. The molecule has 1 heterocycles. The number of nitrogens with zero attached hydrogens (tertiary/aromatic N) is 1. The first kappa shape index (κ1) is 19.3. The van der Waals surface area contributed by atoms with Crippen LogP contribution in [0, 0.1) is 11.7 Å². The standard InChI is InChI=1S/C17H22FN5O3S/c18-12-7-13(9-15(8-12)27(19,25)26)20-17(24)21-16-10-14(22-23-16)6-11-4-2-1-3-5-11/h7-11H,1-6H2,(H2,19,25,26)(H3,20,21,22,23,24). The molecule has 1 aliphatic carbocycles. The van der Waals surface area contributed by atoms with Crippen molar-refractivity contribution < 1.29 is 17.6 Å². The zero-order valence-electron chi connectivity index (χ0n) is 14.7. The molecule has 1 aliphatic rings. The lowest BCUT2D eigenvalue weighted by atomic mass is 9.86. The first-order valence-electron chi connectivity index (χ1n) is 8.75. The van der Waals surface area contributed by atoms with Crippen LogP contribution in [0.1, 0.15) is 37.8 Å². The predicted octanol–water partition coefficient (Wildman–Crippen LogP) is 2.96.